The maximum atomic E-state index is 12.9. The van der Waals surface area contributed by atoms with Crippen molar-refractivity contribution in [3.63, 3.8) is 0 Å². The fourth-order valence-corrected chi connectivity index (χ4v) is 4.15. The van der Waals surface area contributed by atoms with Crippen molar-refractivity contribution in [1.82, 2.24) is 19.3 Å². The van der Waals surface area contributed by atoms with Gasteiger partial charge in [-0.15, -0.1) is 0 Å². The van der Waals surface area contributed by atoms with Crippen LogP contribution < -0.4 is 4.90 Å². The zero-order chi connectivity index (χ0) is 20.0. The molecule has 1 aliphatic carbocycles. The monoisotopic (exact) mass is 387 g/mol. The number of nitrogens with zero attached hydrogens (tertiary/aromatic N) is 5. The number of allylic oxidation sites excluding steroid dienone is 1. The second-order valence-electron chi connectivity index (χ2n) is 8.05. The van der Waals surface area contributed by atoms with Crippen LogP contribution in [0, 0.1) is 0 Å². The maximum Gasteiger partial charge on any atom is 0.165 e. The molecule has 0 saturated carbocycles. The zero-order valence-electron chi connectivity index (χ0n) is 16.9. The van der Waals surface area contributed by atoms with Crippen LogP contribution in [0.2, 0.25) is 0 Å². The molecule has 0 amide bonds. The zero-order valence-corrected chi connectivity index (χ0v) is 16.9. The number of fused-ring (bicyclic) bond motifs is 2. The largest absolute Gasteiger partial charge is 0.354 e. The number of carbonyl (C=O) groups is 1. The Labute approximate surface area is 170 Å². The summed E-state index contributed by atoms with van der Waals surface area (Å²) in [6.45, 7) is 5.24. The van der Waals surface area contributed by atoms with Crippen LogP contribution in [0.5, 0.6) is 0 Å². The minimum Gasteiger partial charge on any atom is -0.354 e. The van der Waals surface area contributed by atoms with Gasteiger partial charge in [-0.1, -0.05) is 6.07 Å². The molecule has 4 heterocycles. The first-order valence-electron chi connectivity index (χ1n) is 10.2. The minimum absolute atomic E-state index is 0.126. The number of hydrogen-bond donors (Lipinski definition) is 0. The number of pyridine rings is 2. The summed E-state index contributed by atoms with van der Waals surface area (Å²) in [6, 6.07) is 10.6. The highest BCUT2D eigenvalue weighted by Gasteiger charge is 2.24. The third kappa shape index (κ3) is 3.34. The van der Waals surface area contributed by atoms with Gasteiger partial charge in [-0.2, -0.15) is 0 Å². The number of imidazole rings is 1. The van der Waals surface area contributed by atoms with Gasteiger partial charge in [0.25, 0.3) is 0 Å². The van der Waals surface area contributed by atoms with E-state index in [1.807, 2.05) is 41.1 Å². The van der Waals surface area contributed by atoms with Crippen molar-refractivity contribution in [2.45, 2.75) is 25.8 Å². The number of likely N-dealkylation sites (N-methyl/N-ethyl adjacent to an activating group) is 1. The molecule has 0 spiro atoms. The Bertz CT molecular complexity index is 1080. The van der Waals surface area contributed by atoms with Crippen molar-refractivity contribution in [3.8, 4) is 0 Å². The Balaban J connectivity index is 1.49. The molecule has 1 saturated heterocycles. The van der Waals surface area contributed by atoms with Crippen LogP contribution in [0.1, 0.15) is 30.3 Å². The van der Waals surface area contributed by atoms with Gasteiger partial charge < -0.3 is 14.2 Å². The second-order valence-corrected chi connectivity index (χ2v) is 8.05. The number of aryl methyl sites for hydroxylation is 1. The van der Waals surface area contributed by atoms with Crippen molar-refractivity contribution in [2.75, 3.05) is 31.6 Å². The summed E-state index contributed by atoms with van der Waals surface area (Å²) in [5.41, 5.74) is 4.27. The molecule has 29 heavy (non-hydrogen) atoms. The van der Waals surface area contributed by atoms with Crippen molar-refractivity contribution in [3.05, 3.63) is 59.7 Å². The lowest BCUT2D eigenvalue weighted by atomic mass is 10.1. The predicted octanol–water partition coefficient (Wildman–Crippen LogP) is 2.93. The smallest absolute Gasteiger partial charge is 0.165 e. The van der Waals surface area contributed by atoms with Crippen molar-refractivity contribution < 1.29 is 4.79 Å². The van der Waals surface area contributed by atoms with E-state index in [-0.39, 0.29) is 5.78 Å². The van der Waals surface area contributed by atoms with Gasteiger partial charge in [-0.3, -0.25) is 4.79 Å². The molecular formula is C23H25N5O. The van der Waals surface area contributed by atoms with Crippen molar-refractivity contribution in [1.29, 1.82) is 0 Å². The van der Waals surface area contributed by atoms with Gasteiger partial charge in [0.2, 0.25) is 0 Å². The number of anilines is 1. The van der Waals surface area contributed by atoms with Gasteiger partial charge in [0.1, 0.15) is 11.5 Å². The number of rotatable bonds is 2. The molecule has 0 bridgehead atoms. The van der Waals surface area contributed by atoms with Crippen molar-refractivity contribution >= 4 is 28.9 Å². The Hall–Kier alpha value is -2.99. The molecule has 5 rings (SSSR count). The normalized spacial score (nSPS) is 20.5. The number of Topliss-reactive ketones (excluding diaryl/α,β-unsaturated/α-hetero) is 1. The summed E-state index contributed by atoms with van der Waals surface area (Å²) in [5.74, 6) is 1.14. The summed E-state index contributed by atoms with van der Waals surface area (Å²) in [5, 5.41) is 0. The lowest BCUT2D eigenvalue weighted by Gasteiger charge is -2.38. The molecule has 0 radical (unpaired) electrons. The van der Waals surface area contributed by atoms with Gasteiger partial charge in [0.15, 0.2) is 5.78 Å². The van der Waals surface area contributed by atoms with E-state index >= 15 is 0 Å². The number of carbonyl (C=O) groups excluding carboxylic acids is 1. The van der Waals surface area contributed by atoms with E-state index < -0.39 is 0 Å². The fourth-order valence-electron chi connectivity index (χ4n) is 4.15. The Morgan fingerprint density at radius 2 is 1.97 bits per heavy atom. The summed E-state index contributed by atoms with van der Waals surface area (Å²) >= 11 is 0. The molecule has 1 aliphatic heterocycles. The number of hydrogen-bond acceptors (Lipinski definition) is 5. The van der Waals surface area contributed by atoms with Crippen LogP contribution in [0.4, 0.5) is 5.82 Å². The van der Waals surface area contributed by atoms with Crippen LogP contribution in [-0.2, 0) is 11.2 Å². The predicted molar refractivity (Wildman–Crippen MR) is 115 cm³/mol. The lowest BCUT2D eigenvalue weighted by Crippen LogP contribution is -2.50. The Morgan fingerprint density at radius 3 is 2.79 bits per heavy atom. The maximum absolute atomic E-state index is 12.9. The van der Waals surface area contributed by atoms with Crippen LogP contribution in [-0.4, -0.2) is 57.8 Å². The highest BCUT2D eigenvalue weighted by Crippen LogP contribution is 2.28. The lowest BCUT2D eigenvalue weighted by molar-refractivity contribution is -0.113. The van der Waals surface area contributed by atoms with E-state index in [2.05, 4.69) is 40.9 Å². The molecule has 0 N–H and O–H groups in total. The van der Waals surface area contributed by atoms with Gasteiger partial charge >= 0.3 is 0 Å². The minimum atomic E-state index is 0.126. The molecule has 6 nitrogen and oxygen atoms in total. The van der Waals surface area contributed by atoms with E-state index in [1.165, 1.54) is 0 Å². The molecule has 2 aliphatic rings. The third-order valence-corrected chi connectivity index (χ3v) is 6.11. The van der Waals surface area contributed by atoms with Gasteiger partial charge in [-0.05, 0) is 56.3 Å². The number of piperazine rings is 1. The summed E-state index contributed by atoms with van der Waals surface area (Å²) in [7, 11) is 2.17. The highest BCUT2D eigenvalue weighted by molar-refractivity contribution is 6.25. The molecule has 1 fully saturated rings. The van der Waals surface area contributed by atoms with Crippen LogP contribution in [0.25, 0.3) is 17.3 Å². The van der Waals surface area contributed by atoms with Crippen LogP contribution in [0.3, 0.4) is 0 Å². The first-order valence-corrected chi connectivity index (χ1v) is 10.2. The van der Waals surface area contributed by atoms with Crippen LogP contribution in [0.15, 0.2) is 42.7 Å². The van der Waals surface area contributed by atoms with E-state index in [9.17, 15) is 4.79 Å². The Morgan fingerprint density at radius 1 is 1.07 bits per heavy atom. The molecule has 3 aromatic rings. The number of ketones is 1. The van der Waals surface area contributed by atoms with Crippen molar-refractivity contribution in [2.24, 2.45) is 0 Å². The molecule has 0 aromatic carbocycles. The molecule has 0 unspecified atom stereocenters. The van der Waals surface area contributed by atoms with Gasteiger partial charge in [0.05, 0.1) is 11.4 Å². The SMILES string of the molecule is C[C@@H]1CN(c2ccc3c(n2)CCC(=O)C(c2cn4ccccc4n2)=C3)CCN1C. The van der Waals surface area contributed by atoms with Crippen LogP contribution >= 0.6 is 0 Å². The molecule has 148 valence electrons. The average molecular weight is 387 g/mol. The highest BCUT2D eigenvalue weighted by atomic mass is 16.1. The topological polar surface area (TPSA) is 53.7 Å². The fraction of sp³-hybridized carbons (Fsp3) is 0.348. The molecular weight excluding hydrogens is 362 g/mol. The molecule has 3 aromatic heterocycles. The first kappa shape index (κ1) is 18.1. The third-order valence-electron chi connectivity index (χ3n) is 6.11. The van der Waals surface area contributed by atoms with Gasteiger partial charge in [-0.25, -0.2) is 9.97 Å². The summed E-state index contributed by atoms with van der Waals surface area (Å²) in [4.78, 5) is 27.2. The average Bonchev–Trinajstić information content (AvgIpc) is 3.09. The van der Waals surface area contributed by atoms with E-state index in [1.54, 1.807) is 0 Å². The number of aromatic nitrogens is 3. The van der Waals surface area contributed by atoms with Gasteiger partial charge in [0, 0.05) is 50.1 Å². The first-order chi connectivity index (χ1) is 14.1. The molecule has 1 atom stereocenters. The van der Waals surface area contributed by atoms with E-state index in [0.29, 0.717) is 24.5 Å². The standard InChI is InChI=1S/C23H25N5O/c1-16-14-28(12-11-26(16)2)23-9-6-17-13-18(21(29)8-7-19(17)24-23)20-15-27-10-4-3-5-22(27)25-20/h3-6,9-10,13,15-16H,7-8,11-12,14H2,1-2H3/t16-/m1/s1. The Kier molecular flexibility index (Phi) is 4.43. The van der Waals surface area contributed by atoms with E-state index in [0.717, 1.165) is 48.1 Å². The molecule has 6 heteroatoms. The second kappa shape index (κ2) is 7.12. The quantitative estimate of drug-likeness (QED) is 0.677. The summed E-state index contributed by atoms with van der Waals surface area (Å²) in [6.07, 6.45) is 6.97. The summed E-state index contributed by atoms with van der Waals surface area (Å²) < 4.78 is 1.95. The van der Waals surface area contributed by atoms with E-state index in [4.69, 9.17) is 4.98 Å².